The van der Waals surface area contributed by atoms with E-state index in [0.717, 1.165) is 48.5 Å². The van der Waals surface area contributed by atoms with Gasteiger partial charge in [-0.15, -0.1) is 11.3 Å². The highest BCUT2D eigenvalue weighted by Crippen LogP contribution is 2.14. The minimum absolute atomic E-state index is 0.0754. The lowest BCUT2D eigenvalue weighted by Crippen LogP contribution is -2.50. The van der Waals surface area contributed by atoms with Crippen molar-refractivity contribution in [3.63, 3.8) is 0 Å². The number of carbonyl (C=O) groups excluding carboxylic acids is 1. The van der Waals surface area contributed by atoms with Gasteiger partial charge in [0.15, 0.2) is 6.61 Å². The van der Waals surface area contributed by atoms with Crippen LogP contribution in [0.25, 0.3) is 0 Å². The average molecular weight is 456 g/mol. The van der Waals surface area contributed by atoms with E-state index in [4.69, 9.17) is 4.74 Å². The van der Waals surface area contributed by atoms with E-state index in [1.165, 1.54) is 4.88 Å². The third-order valence-electron chi connectivity index (χ3n) is 4.16. The molecule has 0 radical (unpaired) electrons. The Balaban J connectivity index is 1.37. The molecule has 0 N–H and O–H groups in total. The van der Waals surface area contributed by atoms with Crippen molar-refractivity contribution in [2.45, 2.75) is 6.42 Å². The number of hydrogen-bond acceptors (Lipinski definition) is 4. The van der Waals surface area contributed by atoms with Crippen LogP contribution in [0, 0.1) is 3.57 Å². The minimum Gasteiger partial charge on any atom is -0.484 e. The van der Waals surface area contributed by atoms with E-state index in [1.54, 1.807) is 0 Å². The molecule has 0 bridgehead atoms. The number of nitrogens with zero attached hydrogens (tertiary/aromatic N) is 2. The topological polar surface area (TPSA) is 32.8 Å². The maximum absolute atomic E-state index is 12.3. The van der Waals surface area contributed by atoms with Crippen LogP contribution in [0.15, 0.2) is 41.8 Å². The molecule has 1 aliphatic heterocycles. The van der Waals surface area contributed by atoms with Gasteiger partial charge >= 0.3 is 0 Å². The van der Waals surface area contributed by atoms with Crippen LogP contribution in [0.3, 0.4) is 0 Å². The first-order valence-electron chi connectivity index (χ1n) is 8.11. The third-order valence-corrected chi connectivity index (χ3v) is 5.81. The highest BCUT2D eigenvalue weighted by Gasteiger charge is 2.21. The summed E-state index contributed by atoms with van der Waals surface area (Å²) in [6.07, 6.45) is 1.10. The molecule has 3 rings (SSSR count). The van der Waals surface area contributed by atoms with Crippen molar-refractivity contribution >= 4 is 39.8 Å². The highest BCUT2D eigenvalue weighted by atomic mass is 127. The Bertz CT molecular complexity index is 638. The molecule has 2 heterocycles. The molecule has 1 aromatic heterocycles. The Morgan fingerprint density at radius 2 is 1.88 bits per heavy atom. The zero-order valence-electron chi connectivity index (χ0n) is 13.5. The molecule has 1 saturated heterocycles. The van der Waals surface area contributed by atoms with Crippen molar-refractivity contribution < 1.29 is 9.53 Å². The number of rotatable bonds is 6. The lowest BCUT2D eigenvalue weighted by molar-refractivity contribution is -0.135. The molecule has 1 amide bonds. The zero-order valence-corrected chi connectivity index (χ0v) is 16.5. The zero-order chi connectivity index (χ0) is 16.8. The smallest absolute Gasteiger partial charge is 0.260 e. The normalized spacial score (nSPS) is 15.5. The predicted octanol–water partition coefficient (Wildman–Crippen LogP) is 3.12. The molecule has 0 unspecified atom stereocenters. The van der Waals surface area contributed by atoms with E-state index in [1.807, 2.05) is 40.5 Å². The SMILES string of the molecule is O=C(COc1ccc(I)cc1)N1CCN(CCc2cccs2)CC1. The van der Waals surface area contributed by atoms with E-state index in [-0.39, 0.29) is 12.5 Å². The first-order valence-corrected chi connectivity index (χ1v) is 10.1. The van der Waals surface area contributed by atoms with Gasteiger partial charge in [-0.3, -0.25) is 9.69 Å². The number of halogens is 1. The largest absolute Gasteiger partial charge is 0.484 e. The van der Waals surface area contributed by atoms with Gasteiger partial charge in [-0.05, 0) is 64.7 Å². The van der Waals surface area contributed by atoms with E-state index in [2.05, 4.69) is 45.0 Å². The van der Waals surface area contributed by atoms with Crippen molar-refractivity contribution in [2.24, 2.45) is 0 Å². The van der Waals surface area contributed by atoms with Crippen molar-refractivity contribution in [1.82, 2.24) is 9.80 Å². The van der Waals surface area contributed by atoms with Gasteiger partial charge in [-0.2, -0.15) is 0 Å². The third kappa shape index (κ3) is 5.19. The summed E-state index contributed by atoms with van der Waals surface area (Å²) < 4.78 is 6.75. The number of piperazine rings is 1. The first kappa shape index (κ1) is 17.7. The maximum Gasteiger partial charge on any atom is 0.260 e. The molecule has 2 aromatic rings. The van der Waals surface area contributed by atoms with Gasteiger partial charge in [0.25, 0.3) is 5.91 Å². The van der Waals surface area contributed by atoms with Crippen LogP contribution in [-0.2, 0) is 11.2 Å². The van der Waals surface area contributed by atoms with Crippen LogP contribution in [0.5, 0.6) is 5.75 Å². The van der Waals surface area contributed by atoms with Crippen LogP contribution in [0.4, 0.5) is 0 Å². The first-order chi connectivity index (χ1) is 11.7. The molecule has 128 valence electrons. The Kier molecular flexibility index (Phi) is 6.51. The predicted molar refractivity (Wildman–Crippen MR) is 106 cm³/mol. The Morgan fingerprint density at radius 1 is 1.12 bits per heavy atom. The number of amides is 1. The molecule has 1 fully saturated rings. The number of hydrogen-bond donors (Lipinski definition) is 0. The molecule has 4 nitrogen and oxygen atoms in total. The van der Waals surface area contributed by atoms with Gasteiger partial charge in [0, 0.05) is 41.2 Å². The fraction of sp³-hybridized carbons (Fsp3) is 0.389. The summed E-state index contributed by atoms with van der Waals surface area (Å²) in [5, 5.41) is 2.12. The number of benzene rings is 1. The molecular weight excluding hydrogens is 435 g/mol. The summed E-state index contributed by atoms with van der Waals surface area (Å²) in [7, 11) is 0. The van der Waals surface area contributed by atoms with Crippen LogP contribution < -0.4 is 4.74 Å². The standard InChI is InChI=1S/C18H21IN2O2S/c19-15-3-5-16(6-4-15)23-14-18(22)21-11-9-20(10-12-21)8-7-17-2-1-13-24-17/h1-6,13H,7-12,14H2. The van der Waals surface area contributed by atoms with Gasteiger partial charge < -0.3 is 9.64 Å². The maximum atomic E-state index is 12.3. The molecule has 0 aliphatic carbocycles. The summed E-state index contributed by atoms with van der Waals surface area (Å²) in [4.78, 5) is 18.0. The molecule has 1 aliphatic rings. The molecule has 0 saturated carbocycles. The molecule has 24 heavy (non-hydrogen) atoms. The molecule has 1 aromatic carbocycles. The van der Waals surface area contributed by atoms with E-state index in [0.29, 0.717) is 0 Å². The van der Waals surface area contributed by atoms with Crippen LogP contribution in [-0.4, -0.2) is 55.0 Å². The van der Waals surface area contributed by atoms with Crippen molar-refractivity contribution in [3.8, 4) is 5.75 Å². The summed E-state index contributed by atoms with van der Waals surface area (Å²) in [6, 6.07) is 12.0. The van der Waals surface area contributed by atoms with Crippen molar-refractivity contribution in [3.05, 3.63) is 50.2 Å². The molecule has 0 atom stereocenters. The second-order valence-electron chi connectivity index (χ2n) is 5.79. The molecule has 6 heteroatoms. The van der Waals surface area contributed by atoms with Crippen LogP contribution in [0.1, 0.15) is 4.88 Å². The van der Waals surface area contributed by atoms with Gasteiger partial charge in [0.1, 0.15) is 5.75 Å². The van der Waals surface area contributed by atoms with E-state index in [9.17, 15) is 4.79 Å². The van der Waals surface area contributed by atoms with Crippen molar-refractivity contribution in [2.75, 3.05) is 39.3 Å². The summed E-state index contributed by atoms with van der Waals surface area (Å²) in [5.41, 5.74) is 0. The van der Waals surface area contributed by atoms with Crippen molar-refractivity contribution in [1.29, 1.82) is 0 Å². The molecular formula is C18H21IN2O2S. The van der Waals surface area contributed by atoms with Crippen LogP contribution in [0.2, 0.25) is 0 Å². The quantitative estimate of drug-likeness (QED) is 0.627. The summed E-state index contributed by atoms with van der Waals surface area (Å²) >= 11 is 4.06. The Labute approximate surface area is 160 Å². The fourth-order valence-corrected chi connectivity index (χ4v) is 3.77. The van der Waals surface area contributed by atoms with Gasteiger partial charge in [0.2, 0.25) is 0 Å². The second kappa shape index (κ2) is 8.82. The number of carbonyl (C=O) groups is 1. The number of thiophene rings is 1. The van der Waals surface area contributed by atoms with E-state index < -0.39 is 0 Å². The molecule has 0 spiro atoms. The van der Waals surface area contributed by atoms with Gasteiger partial charge in [0.05, 0.1) is 0 Å². The summed E-state index contributed by atoms with van der Waals surface area (Å²) in [5.74, 6) is 0.824. The Hall–Kier alpha value is -1.12. The van der Waals surface area contributed by atoms with E-state index >= 15 is 0 Å². The minimum atomic E-state index is 0.0754. The Morgan fingerprint density at radius 3 is 2.54 bits per heavy atom. The monoisotopic (exact) mass is 456 g/mol. The second-order valence-corrected chi connectivity index (χ2v) is 8.07. The lowest BCUT2D eigenvalue weighted by Gasteiger charge is -2.34. The van der Waals surface area contributed by atoms with Crippen LogP contribution >= 0.6 is 33.9 Å². The van der Waals surface area contributed by atoms with Gasteiger partial charge in [-0.1, -0.05) is 6.07 Å². The fourth-order valence-electron chi connectivity index (χ4n) is 2.71. The highest BCUT2D eigenvalue weighted by molar-refractivity contribution is 14.1. The van der Waals surface area contributed by atoms with Gasteiger partial charge in [-0.25, -0.2) is 0 Å². The number of ether oxygens (including phenoxy) is 1. The average Bonchev–Trinajstić information content (AvgIpc) is 3.13. The summed E-state index contributed by atoms with van der Waals surface area (Å²) in [6.45, 7) is 4.66. The lowest BCUT2D eigenvalue weighted by atomic mass is 10.2.